The molecule has 14 heteroatoms. The number of aliphatic imine (C=N–C) groups is 1. The third kappa shape index (κ3) is 11.2. The third-order valence-corrected chi connectivity index (χ3v) is 7.39. The number of aromatic nitrogens is 1. The summed E-state index contributed by atoms with van der Waals surface area (Å²) in [6.07, 6.45) is 4.53. The molecule has 0 spiro atoms. The fourth-order valence-electron chi connectivity index (χ4n) is 4.63. The monoisotopic (exact) mass is 601 g/mol. The average molecular weight is 602 g/mol. The van der Waals surface area contributed by atoms with Crippen LogP contribution in [-0.4, -0.2) is 77.0 Å². The van der Waals surface area contributed by atoms with Gasteiger partial charge in [-0.05, 0) is 56.2 Å². The van der Waals surface area contributed by atoms with Crippen LogP contribution in [0.4, 0.5) is 0 Å². The van der Waals surface area contributed by atoms with Gasteiger partial charge in [0.1, 0.15) is 18.1 Å². The minimum absolute atomic E-state index is 0.0467. The summed E-state index contributed by atoms with van der Waals surface area (Å²) in [5, 5.41) is 18.8. The molecular formula is C29H47N9O5. The predicted octanol–water partition coefficient (Wildman–Crippen LogP) is -0.195. The molecule has 13 N–H and O–H groups in total. The molecule has 238 valence electrons. The van der Waals surface area contributed by atoms with Crippen LogP contribution in [0.3, 0.4) is 0 Å². The number of nitrogens with two attached hydrogens (primary N) is 4. The number of nitrogens with zero attached hydrogens (tertiary/aromatic N) is 1. The quantitative estimate of drug-likeness (QED) is 0.0586. The number of unbranched alkanes of at least 4 members (excludes halogenated alkanes) is 1. The molecule has 0 aliphatic carbocycles. The van der Waals surface area contributed by atoms with Crippen LogP contribution in [0.25, 0.3) is 10.9 Å². The van der Waals surface area contributed by atoms with E-state index in [1.165, 1.54) is 0 Å². The molecule has 0 saturated carbocycles. The van der Waals surface area contributed by atoms with Crippen LogP contribution in [0.15, 0.2) is 35.5 Å². The smallest absolute Gasteiger partial charge is 0.326 e. The Balaban J connectivity index is 2.14. The Kier molecular flexibility index (Phi) is 14.4. The molecule has 3 amide bonds. The van der Waals surface area contributed by atoms with Gasteiger partial charge in [0.05, 0.1) is 6.04 Å². The Morgan fingerprint density at radius 1 is 0.953 bits per heavy atom. The summed E-state index contributed by atoms with van der Waals surface area (Å²) in [4.78, 5) is 58.8. The summed E-state index contributed by atoms with van der Waals surface area (Å²) in [5.41, 5.74) is 23.9. The summed E-state index contributed by atoms with van der Waals surface area (Å²) < 4.78 is 0. The number of hydrogen-bond acceptors (Lipinski definition) is 7. The van der Waals surface area contributed by atoms with Crippen LogP contribution in [0.2, 0.25) is 0 Å². The molecule has 14 nitrogen and oxygen atoms in total. The number of aliphatic carboxylic acids is 1. The van der Waals surface area contributed by atoms with Crippen molar-refractivity contribution in [2.45, 2.75) is 83.0 Å². The van der Waals surface area contributed by atoms with Gasteiger partial charge in [0, 0.05) is 30.1 Å². The second kappa shape index (κ2) is 17.7. The molecule has 0 saturated heterocycles. The first-order valence-electron chi connectivity index (χ1n) is 14.7. The van der Waals surface area contributed by atoms with E-state index in [9.17, 15) is 24.3 Å². The zero-order valence-corrected chi connectivity index (χ0v) is 25.0. The van der Waals surface area contributed by atoms with Crippen molar-refractivity contribution in [1.29, 1.82) is 0 Å². The number of amides is 3. The van der Waals surface area contributed by atoms with Gasteiger partial charge >= 0.3 is 5.97 Å². The van der Waals surface area contributed by atoms with E-state index in [4.69, 9.17) is 22.9 Å². The van der Waals surface area contributed by atoms with E-state index in [-0.39, 0.29) is 24.7 Å². The zero-order valence-electron chi connectivity index (χ0n) is 25.0. The van der Waals surface area contributed by atoms with Gasteiger partial charge in [0.15, 0.2) is 5.96 Å². The average Bonchev–Trinajstić information content (AvgIpc) is 3.38. The first-order valence-corrected chi connectivity index (χ1v) is 14.7. The normalized spacial score (nSPS) is 14.6. The van der Waals surface area contributed by atoms with E-state index in [0.29, 0.717) is 45.2 Å². The highest BCUT2D eigenvalue weighted by molar-refractivity contribution is 5.94. The van der Waals surface area contributed by atoms with Crippen molar-refractivity contribution in [1.82, 2.24) is 20.9 Å². The molecule has 1 aromatic carbocycles. The summed E-state index contributed by atoms with van der Waals surface area (Å²) in [6.45, 7) is 4.37. The summed E-state index contributed by atoms with van der Waals surface area (Å²) >= 11 is 0. The molecule has 0 aliphatic heterocycles. The molecule has 5 unspecified atom stereocenters. The van der Waals surface area contributed by atoms with Crippen molar-refractivity contribution in [2.75, 3.05) is 13.1 Å². The molecule has 1 heterocycles. The molecule has 43 heavy (non-hydrogen) atoms. The van der Waals surface area contributed by atoms with Crippen molar-refractivity contribution in [3.63, 3.8) is 0 Å². The number of rotatable bonds is 19. The van der Waals surface area contributed by atoms with Crippen LogP contribution in [0.1, 0.15) is 57.9 Å². The second-order valence-electron chi connectivity index (χ2n) is 10.7. The van der Waals surface area contributed by atoms with E-state index in [1.54, 1.807) is 13.1 Å². The Bertz CT molecular complexity index is 1240. The number of nitrogens with one attached hydrogen (secondary N) is 4. The Hall–Kier alpha value is -4.17. The number of para-hydroxylation sites is 1. The number of carboxylic acid groups (broad SMARTS) is 1. The fourth-order valence-corrected chi connectivity index (χ4v) is 4.63. The topological polar surface area (TPSA) is 257 Å². The van der Waals surface area contributed by atoms with Gasteiger partial charge < -0.3 is 49.0 Å². The van der Waals surface area contributed by atoms with Crippen molar-refractivity contribution in [2.24, 2.45) is 33.8 Å². The number of aromatic amines is 1. The zero-order chi connectivity index (χ0) is 31.9. The van der Waals surface area contributed by atoms with Crippen LogP contribution in [-0.2, 0) is 25.6 Å². The highest BCUT2D eigenvalue weighted by Gasteiger charge is 2.33. The number of guanidine groups is 1. The summed E-state index contributed by atoms with van der Waals surface area (Å²) in [6, 6.07) is 3.34. The minimum atomic E-state index is -1.23. The SMILES string of the molecule is CCC(C)C(NC(=O)C(CCCCN)NC(=O)C(N)CCCN=C(N)N)C(=O)NC(Cc1c[nH]c2ccccc12)C(=O)O. The number of carbonyl (C=O) groups excluding carboxylic acids is 3. The van der Waals surface area contributed by atoms with E-state index in [1.807, 2.05) is 31.2 Å². The molecule has 5 atom stereocenters. The minimum Gasteiger partial charge on any atom is -0.480 e. The number of benzene rings is 1. The van der Waals surface area contributed by atoms with Gasteiger partial charge in [-0.1, -0.05) is 38.5 Å². The maximum atomic E-state index is 13.4. The predicted molar refractivity (Wildman–Crippen MR) is 166 cm³/mol. The van der Waals surface area contributed by atoms with Gasteiger partial charge in [-0.2, -0.15) is 0 Å². The molecule has 0 fully saturated rings. The van der Waals surface area contributed by atoms with Crippen molar-refractivity contribution in [3.8, 4) is 0 Å². The first-order chi connectivity index (χ1) is 20.5. The molecule has 0 radical (unpaired) electrons. The van der Waals surface area contributed by atoms with Gasteiger partial charge in [0.25, 0.3) is 0 Å². The van der Waals surface area contributed by atoms with Crippen LogP contribution >= 0.6 is 0 Å². The maximum Gasteiger partial charge on any atom is 0.326 e. The van der Waals surface area contributed by atoms with Crippen LogP contribution < -0.4 is 38.9 Å². The largest absolute Gasteiger partial charge is 0.480 e. The number of hydrogen-bond donors (Lipinski definition) is 9. The van der Waals surface area contributed by atoms with E-state index >= 15 is 0 Å². The highest BCUT2D eigenvalue weighted by Crippen LogP contribution is 2.19. The lowest BCUT2D eigenvalue weighted by atomic mass is 9.96. The van der Waals surface area contributed by atoms with E-state index in [2.05, 4.69) is 25.9 Å². The lowest BCUT2D eigenvalue weighted by molar-refractivity contribution is -0.142. The number of carbonyl (C=O) groups is 4. The molecule has 2 rings (SSSR count). The first kappa shape index (κ1) is 35.0. The molecule has 2 aromatic rings. The molecule has 0 bridgehead atoms. The van der Waals surface area contributed by atoms with Crippen LogP contribution in [0.5, 0.6) is 0 Å². The summed E-state index contributed by atoms with van der Waals surface area (Å²) in [7, 11) is 0. The maximum absolute atomic E-state index is 13.4. The standard InChI is InChI=1S/C29H47N9O5/c1-3-17(2)24(27(41)37-23(28(42)43)15-18-16-35-21-11-5-4-9-19(18)21)38-26(40)22(12-6-7-13-30)36-25(39)20(31)10-8-14-34-29(32)33/h4-5,9,11,16-17,20,22-24,35H,3,6-8,10,12-15,30-31H2,1-2H3,(H,36,39)(H,37,41)(H,38,40)(H,42,43)(H4,32,33,34). The Morgan fingerprint density at radius 3 is 2.30 bits per heavy atom. The van der Waals surface area contributed by atoms with Gasteiger partial charge in [-0.15, -0.1) is 0 Å². The Morgan fingerprint density at radius 2 is 1.65 bits per heavy atom. The number of H-pyrrole nitrogens is 1. The van der Waals surface area contributed by atoms with Gasteiger partial charge in [-0.3, -0.25) is 19.4 Å². The van der Waals surface area contributed by atoms with Gasteiger partial charge in [-0.25, -0.2) is 4.79 Å². The van der Waals surface area contributed by atoms with E-state index in [0.717, 1.165) is 16.5 Å². The number of carboxylic acids is 1. The molecule has 0 aliphatic rings. The van der Waals surface area contributed by atoms with Crippen molar-refractivity contribution in [3.05, 3.63) is 36.0 Å². The van der Waals surface area contributed by atoms with Crippen LogP contribution in [0, 0.1) is 5.92 Å². The molecular weight excluding hydrogens is 554 g/mol. The fraction of sp³-hybridized carbons (Fsp3) is 0.552. The number of fused-ring (bicyclic) bond motifs is 1. The highest BCUT2D eigenvalue weighted by atomic mass is 16.4. The van der Waals surface area contributed by atoms with Crippen molar-refractivity contribution >= 4 is 40.6 Å². The lowest BCUT2D eigenvalue weighted by Gasteiger charge is -2.28. The summed E-state index contributed by atoms with van der Waals surface area (Å²) in [5.74, 6) is -3.30. The lowest BCUT2D eigenvalue weighted by Crippen LogP contribution is -2.58. The van der Waals surface area contributed by atoms with Crippen molar-refractivity contribution < 1.29 is 24.3 Å². The van der Waals surface area contributed by atoms with Gasteiger partial charge in [0.2, 0.25) is 17.7 Å². The second-order valence-corrected chi connectivity index (χ2v) is 10.7. The Labute approximate surface area is 251 Å². The van der Waals surface area contributed by atoms with E-state index < -0.39 is 47.9 Å². The molecule has 1 aromatic heterocycles. The third-order valence-electron chi connectivity index (χ3n) is 7.39.